The van der Waals surface area contributed by atoms with E-state index in [1.807, 2.05) is 20.8 Å². The van der Waals surface area contributed by atoms with Crippen LogP contribution in [0.1, 0.15) is 40.0 Å². The lowest BCUT2D eigenvalue weighted by Crippen LogP contribution is -2.59. The first kappa shape index (κ1) is 19.9. The van der Waals surface area contributed by atoms with Crippen molar-refractivity contribution in [2.45, 2.75) is 40.0 Å². The molecule has 3 amide bonds. The summed E-state index contributed by atoms with van der Waals surface area (Å²) < 4.78 is 15.2. The molecule has 0 saturated carbocycles. The lowest BCUT2D eigenvalue weighted by Gasteiger charge is -2.40. The third-order valence-corrected chi connectivity index (χ3v) is 3.09. The molecule has 0 aliphatic carbocycles. The summed E-state index contributed by atoms with van der Waals surface area (Å²) in [5.41, 5.74) is 0. The molecule has 24 heavy (non-hydrogen) atoms. The van der Waals surface area contributed by atoms with Crippen molar-refractivity contribution < 1.29 is 28.6 Å². The molecule has 1 aliphatic rings. The predicted molar refractivity (Wildman–Crippen MR) is 85.0 cm³/mol. The number of hydrogen-bond donors (Lipinski definition) is 0. The minimum atomic E-state index is -0.585. The van der Waals surface area contributed by atoms with Crippen LogP contribution in [0.2, 0.25) is 0 Å². The van der Waals surface area contributed by atoms with Gasteiger partial charge in [-0.2, -0.15) is 0 Å². The van der Waals surface area contributed by atoms with Gasteiger partial charge in [0.25, 0.3) is 0 Å². The highest BCUT2D eigenvalue weighted by molar-refractivity contribution is 5.74. The molecule has 1 heterocycles. The minimum absolute atomic E-state index is 0.00263. The maximum atomic E-state index is 12.1. The SMILES string of the molecule is CCCOC(=O)N1CN(C(=O)OCCC)CN(C(=O)OCCC)C1. The fraction of sp³-hybridized carbons (Fsp3) is 0.800. The number of ether oxygens (including phenoxy) is 3. The average molecular weight is 345 g/mol. The predicted octanol–water partition coefficient (Wildman–Crippen LogP) is 2.42. The van der Waals surface area contributed by atoms with E-state index in [9.17, 15) is 14.4 Å². The van der Waals surface area contributed by atoms with Crippen molar-refractivity contribution in [1.29, 1.82) is 0 Å². The van der Waals surface area contributed by atoms with E-state index in [1.165, 1.54) is 14.7 Å². The maximum absolute atomic E-state index is 12.1. The Labute approximate surface area is 142 Å². The quantitative estimate of drug-likeness (QED) is 0.687. The second-order valence-corrected chi connectivity index (χ2v) is 5.39. The van der Waals surface area contributed by atoms with Crippen molar-refractivity contribution in [3.05, 3.63) is 0 Å². The zero-order valence-corrected chi connectivity index (χ0v) is 14.7. The van der Waals surface area contributed by atoms with E-state index in [-0.39, 0.29) is 39.8 Å². The molecule has 0 radical (unpaired) electrons. The molecule has 9 nitrogen and oxygen atoms in total. The Morgan fingerprint density at radius 3 is 1.08 bits per heavy atom. The number of amides is 3. The smallest absolute Gasteiger partial charge is 0.412 e. The molecule has 0 aromatic carbocycles. The molecule has 0 bridgehead atoms. The number of nitrogens with zero attached hydrogens (tertiary/aromatic N) is 3. The van der Waals surface area contributed by atoms with E-state index in [0.717, 1.165) is 0 Å². The van der Waals surface area contributed by atoms with Gasteiger partial charge in [0, 0.05) is 0 Å². The van der Waals surface area contributed by atoms with E-state index >= 15 is 0 Å². The van der Waals surface area contributed by atoms with E-state index in [0.29, 0.717) is 19.3 Å². The second kappa shape index (κ2) is 10.6. The van der Waals surface area contributed by atoms with E-state index in [4.69, 9.17) is 14.2 Å². The van der Waals surface area contributed by atoms with Crippen LogP contribution < -0.4 is 0 Å². The summed E-state index contributed by atoms with van der Waals surface area (Å²) in [6, 6.07) is 0. The number of rotatable bonds is 6. The zero-order valence-electron chi connectivity index (χ0n) is 14.7. The van der Waals surface area contributed by atoms with Gasteiger partial charge in [0.05, 0.1) is 19.8 Å². The fourth-order valence-corrected chi connectivity index (χ4v) is 1.94. The van der Waals surface area contributed by atoms with Crippen LogP contribution in [0.5, 0.6) is 0 Å². The Kier molecular flexibility index (Phi) is 8.74. The molecule has 1 saturated heterocycles. The van der Waals surface area contributed by atoms with Gasteiger partial charge < -0.3 is 14.2 Å². The van der Waals surface area contributed by atoms with Crippen LogP contribution in [-0.2, 0) is 14.2 Å². The summed E-state index contributed by atoms with van der Waals surface area (Å²) in [5, 5.41) is 0. The molecule has 0 N–H and O–H groups in total. The number of hydrogen-bond acceptors (Lipinski definition) is 6. The van der Waals surface area contributed by atoms with Crippen molar-refractivity contribution in [3.63, 3.8) is 0 Å². The van der Waals surface area contributed by atoms with Crippen LogP contribution in [0.3, 0.4) is 0 Å². The molecule has 1 fully saturated rings. The highest BCUT2D eigenvalue weighted by atomic mass is 16.6. The van der Waals surface area contributed by atoms with Crippen LogP contribution >= 0.6 is 0 Å². The Balaban J connectivity index is 2.75. The summed E-state index contributed by atoms with van der Waals surface area (Å²) in [4.78, 5) is 40.0. The van der Waals surface area contributed by atoms with E-state index < -0.39 is 18.3 Å². The third kappa shape index (κ3) is 6.13. The van der Waals surface area contributed by atoms with Crippen LogP contribution in [0.4, 0.5) is 14.4 Å². The van der Waals surface area contributed by atoms with Crippen molar-refractivity contribution in [3.8, 4) is 0 Å². The Hall–Kier alpha value is -2.19. The first-order chi connectivity index (χ1) is 11.5. The minimum Gasteiger partial charge on any atom is -0.449 e. The van der Waals surface area contributed by atoms with Crippen LogP contribution in [0.15, 0.2) is 0 Å². The van der Waals surface area contributed by atoms with Gasteiger partial charge in [-0.15, -0.1) is 0 Å². The van der Waals surface area contributed by atoms with Crippen molar-refractivity contribution in [2.75, 3.05) is 39.8 Å². The molecule has 0 spiro atoms. The molecular formula is C15H27N3O6. The maximum Gasteiger partial charge on any atom is 0.412 e. The van der Waals surface area contributed by atoms with Gasteiger partial charge in [0.2, 0.25) is 0 Å². The van der Waals surface area contributed by atoms with Gasteiger partial charge in [0.1, 0.15) is 20.0 Å². The Morgan fingerprint density at radius 2 is 0.875 bits per heavy atom. The standard InChI is InChI=1S/C15H27N3O6/c1-4-7-22-13(19)16-10-17(14(20)23-8-5-2)12-18(11-16)15(21)24-9-6-3/h4-12H2,1-3H3. The third-order valence-electron chi connectivity index (χ3n) is 3.09. The molecule has 0 aromatic heterocycles. The molecule has 0 aromatic rings. The van der Waals surface area contributed by atoms with Gasteiger partial charge in [0.15, 0.2) is 0 Å². The molecule has 138 valence electrons. The molecule has 1 aliphatic heterocycles. The van der Waals surface area contributed by atoms with Gasteiger partial charge in [-0.1, -0.05) is 20.8 Å². The normalized spacial score (nSPS) is 14.4. The monoisotopic (exact) mass is 345 g/mol. The molecule has 9 heteroatoms. The lowest BCUT2D eigenvalue weighted by atomic mass is 10.5. The fourth-order valence-electron chi connectivity index (χ4n) is 1.94. The van der Waals surface area contributed by atoms with Gasteiger partial charge in [-0.25, -0.2) is 14.4 Å². The summed E-state index contributed by atoms with van der Waals surface area (Å²) in [6.07, 6.45) is 0.299. The summed E-state index contributed by atoms with van der Waals surface area (Å²) >= 11 is 0. The number of carbonyl (C=O) groups excluding carboxylic acids is 3. The topological polar surface area (TPSA) is 88.6 Å². The van der Waals surface area contributed by atoms with Crippen LogP contribution in [-0.4, -0.2) is 72.8 Å². The van der Waals surface area contributed by atoms with Crippen molar-refractivity contribution in [2.24, 2.45) is 0 Å². The zero-order chi connectivity index (χ0) is 17.9. The summed E-state index contributed by atoms with van der Waals surface area (Å²) in [5.74, 6) is 0. The van der Waals surface area contributed by atoms with Crippen molar-refractivity contribution >= 4 is 18.3 Å². The van der Waals surface area contributed by atoms with Crippen LogP contribution in [0, 0.1) is 0 Å². The average Bonchev–Trinajstić information content (AvgIpc) is 2.61. The molecular weight excluding hydrogens is 318 g/mol. The van der Waals surface area contributed by atoms with E-state index in [2.05, 4.69) is 0 Å². The lowest BCUT2D eigenvalue weighted by molar-refractivity contribution is -0.0236. The largest absolute Gasteiger partial charge is 0.449 e. The Bertz CT molecular complexity index is 364. The molecule has 0 unspecified atom stereocenters. The highest BCUT2D eigenvalue weighted by Gasteiger charge is 2.34. The van der Waals surface area contributed by atoms with Crippen LogP contribution in [0.25, 0.3) is 0 Å². The first-order valence-corrected chi connectivity index (χ1v) is 8.28. The number of carbonyl (C=O) groups is 3. The van der Waals surface area contributed by atoms with Gasteiger partial charge >= 0.3 is 18.3 Å². The molecule has 0 atom stereocenters. The Morgan fingerprint density at radius 1 is 0.625 bits per heavy atom. The molecule has 1 rings (SSSR count). The van der Waals surface area contributed by atoms with Crippen molar-refractivity contribution in [1.82, 2.24) is 14.7 Å². The first-order valence-electron chi connectivity index (χ1n) is 8.28. The summed E-state index contributed by atoms with van der Waals surface area (Å²) in [6.45, 7) is 6.47. The summed E-state index contributed by atoms with van der Waals surface area (Å²) in [7, 11) is 0. The van der Waals surface area contributed by atoms with Gasteiger partial charge in [-0.05, 0) is 19.3 Å². The highest BCUT2D eigenvalue weighted by Crippen LogP contribution is 2.12. The van der Waals surface area contributed by atoms with E-state index in [1.54, 1.807) is 0 Å². The van der Waals surface area contributed by atoms with Gasteiger partial charge in [-0.3, -0.25) is 14.7 Å². The second-order valence-electron chi connectivity index (χ2n) is 5.39.